The van der Waals surface area contributed by atoms with Crippen molar-refractivity contribution in [2.45, 2.75) is 56.2 Å². The number of benzene rings is 1. The molecule has 1 N–H and O–H groups in total. The number of anilines is 2. The van der Waals surface area contributed by atoms with Crippen molar-refractivity contribution in [2.75, 3.05) is 10.2 Å². The predicted molar refractivity (Wildman–Crippen MR) is 115 cm³/mol. The highest BCUT2D eigenvalue weighted by atomic mass is 32.2. The molecule has 3 amide bonds. The van der Waals surface area contributed by atoms with Crippen LogP contribution in [-0.4, -0.2) is 47.3 Å². The molecule has 0 aliphatic carbocycles. The molecule has 1 aliphatic rings. The molecule has 1 saturated heterocycles. The van der Waals surface area contributed by atoms with Crippen LogP contribution in [0.15, 0.2) is 47.6 Å². The highest BCUT2D eigenvalue weighted by Gasteiger charge is 2.52. The summed E-state index contributed by atoms with van der Waals surface area (Å²) in [5.74, 6) is -0.591. The van der Waals surface area contributed by atoms with E-state index in [4.69, 9.17) is 0 Å². The summed E-state index contributed by atoms with van der Waals surface area (Å²) in [6.45, 7) is 7.08. The van der Waals surface area contributed by atoms with E-state index in [0.717, 1.165) is 34.7 Å². The van der Waals surface area contributed by atoms with Gasteiger partial charge in [-0.3, -0.25) is 9.78 Å². The summed E-state index contributed by atoms with van der Waals surface area (Å²) >= 11 is 0. The van der Waals surface area contributed by atoms with Gasteiger partial charge in [0, 0.05) is 12.2 Å². The van der Waals surface area contributed by atoms with Gasteiger partial charge in [-0.25, -0.2) is 18.1 Å². The van der Waals surface area contributed by atoms with Crippen LogP contribution in [0.4, 0.5) is 29.3 Å². The van der Waals surface area contributed by atoms with Gasteiger partial charge in [0.1, 0.15) is 5.54 Å². The largest absolute Gasteiger partial charge is 0.501 e. The number of imide groups is 1. The number of nitrogens with one attached hydrogen (secondary N) is 1. The molecule has 1 aromatic heterocycles. The molecule has 2 aromatic rings. The Kier molecular flexibility index (Phi) is 6.18. The van der Waals surface area contributed by atoms with Gasteiger partial charge in [-0.05, 0) is 63.6 Å². The third kappa shape index (κ3) is 4.39. The topological polar surface area (TPSA) is 99.7 Å². The molecule has 3 rings (SSSR count). The lowest BCUT2D eigenvalue weighted by molar-refractivity contribution is -0.123. The second-order valence-corrected chi connectivity index (χ2v) is 10.3. The number of aromatic nitrogens is 1. The minimum absolute atomic E-state index is 0.0306. The summed E-state index contributed by atoms with van der Waals surface area (Å²) in [6, 6.07) is 4.60. The molecule has 0 unspecified atom stereocenters. The summed E-state index contributed by atoms with van der Waals surface area (Å²) < 4.78 is 61.6. The number of carbonyl (C=O) groups is 2. The average molecular weight is 485 g/mol. The quantitative estimate of drug-likeness (QED) is 0.624. The number of rotatable bonds is 6. The van der Waals surface area contributed by atoms with E-state index in [0.29, 0.717) is 5.69 Å². The molecular weight excluding hydrogens is 461 g/mol. The molecule has 12 heteroatoms. The number of hydrogen-bond donors (Lipinski definition) is 1. The van der Waals surface area contributed by atoms with Crippen LogP contribution in [0.5, 0.6) is 0 Å². The fourth-order valence-electron chi connectivity index (χ4n) is 3.41. The Morgan fingerprint density at radius 1 is 1.09 bits per heavy atom. The Bertz CT molecular complexity index is 1180. The van der Waals surface area contributed by atoms with Gasteiger partial charge in [-0.1, -0.05) is 0 Å². The van der Waals surface area contributed by atoms with E-state index in [2.05, 4.69) is 10.3 Å². The van der Waals surface area contributed by atoms with E-state index in [1.807, 2.05) is 13.8 Å². The molecule has 2 heterocycles. The van der Waals surface area contributed by atoms with E-state index in [9.17, 15) is 31.2 Å². The highest BCUT2D eigenvalue weighted by Crippen LogP contribution is 2.36. The maximum atomic E-state index is 13.2. The number of nitrogens with zero attached hydrogens (tertiary/aromatic N) is 3. The summed E-state index contributed by atoms with van der Waals surface area (Å²) in [7, 11) is -5.54. The van der Waals surface area contributed by atoms with Crippen molar-refractivity contribution in [1.29, 1.82) is 0 Å². The summed E-state index contributed by atoms with van der Waals surface area (Å²) in [6.07, 6.45) is 3.18. The van der Waals surface area contributed by atoms with Gasteiger partial charge in [0.05, 0.1) is 29.0 Å². The van der Waals surface area contributed by atoms with E-state index in [-0.39, 0.29) is 18.3 Å². The van der Waals surface area contributed by atoms with Crippen molar-refractivity contribution in [3.8, 4) is 0 Å². The second-order valence-electron chi connectivity index (χ2n) is 8.34. The number of hydrogen-bond acceptors (Lipinski definition) is 6. The third-order valence-electron chi connectivity index (χ3n) is 5.22. The number of amides is 3. The lowest BCUT2D eigenvalue weighted by Crippen LogP contribution is -2.43. The van der Waals surface area contributed by atoms with Crippen molar-refractivity contribution in [3.05, 3.63) is 48.3 Å². The Balaban J connectivity index is 1.93. The van der Waals surface area contributed by atoms with Crippen molar-refractivity contribution in [1.82, 2.24) is 9.88 Å². The number of alkyl halides is 3. The zero-order chi connectivity index (χ0) is 24.8. The SMILES string of the molecule is CC(C)Nc1cnccc1CN1C(=O)N(c2ccc(S(=O)(=O)C(F)(F)F)cc2)C(=O)C1(C)C. The van der Waals surface area contributed by atoms with Crippen LogP contribution in [-0.2, 0) is 21.2 Å². The van der Waals surface area contributed by atoms with E-state index in [1.165, 1.54) is 4.90 Å². The van der Waals surface area contributed by atoms with Crippen molar-refractivity contribution >= 4 is 33.2 Å². The van der Waals surface area contributed by atoms with Gasteiger partial charge < -0.3 is 10.2 Å². The molecule has 8 nitrogen and oxygen atoms in total. The standard InChI is InChI=1S/C21H23F3N4O4S/c1-13(2)26-17-11-25-10-9-14(17)12-27-19(30)28(18(29)20(27,3)4)15-5-7-16(8-6-15)33(31,32)21(22,23)24/h5-11,13,26H,12H2,1-4H3. The smallest absolute Gasteiger partial charge is 0.381 e. The first-order chi connectivity index (χ1) is 15.2. The molecule has 0 atom stereocenters. The highest BCUT2D eigenvalue weighted by molar-refractivity contribution is 7.92. The summed E-state index contributed by atoms with van der Waals surface area (Å²) in [5, 5.41) is 3.23. The fraction of sp³-hybridized carbons (Fsp3) is 0.381. The van der Waals surface area contributed by atoms with Gasteiger partial charge in [0.2, 0.25) is 0 Å². The first-order valence-electron chi connectivity index (χ1n) is 9.95. The van der Waals surface area contributed by atoms with Crippen LogP contribution in [0.3, 0.4) is 0 Å². The van der Waals surface area contributed by atoms with Crippen LogP contribution in [0.25, 0.3) is 0 Å². The predicted octanol–water partition coefficient (Wildman–Crippen LogP) is 3.94. The minimum atomic E-state index is -5.54. The molecule has 0 saturated carbocycles. The first kappa shape index (κ1) is 24.5. The van der Waals surface area contributed by atoms with Gasteiger partial charge in [0.15, 0.2) is 0 Å². The monoisotopic (exact) mass is 484 g/mol. The van der Waals surface area contributed by atoms with Gasteiger partial charge in [-0.2, -0.15) is 13.2 Å². The number of carbonyl (C=O) groups excluding carboxylic acids is 2. The Labute approximate surface area is 189 Å². The number of urea groups is 1. The lowest BCUT2D eigenvalue weighted by atomic mass is 10.0. The van der Waals surface area contributed by atoms with Crippen LogP contribution in [0.1, 0.15) is 33.3 Å². The molecule has 1 fully saturated rings. The molecular formula is C21H23F3N4O4S. The maximum Gasteiger partial charge on any atom is 0.501 e. The zero-order valence-corrected chi connectivity index (χ0v) is 19.2. The molecule has 1 aromatic carbocycles. The Morgan fingerprint density at radius 2 is 1.70 bits per heavy atom. The summed E-state index contributed by atoms with van der Waals surface area (Å²) in [5.41, 5.74) is -5.33. The van der Waals surface area contributed by atoms with E-state index in [1.54, 1.807) is 32.3 Å². The average Bonchev–Trinajstić information content (AvgIpc) is 2.87. The van der Waals surface area contributed by atoms with Crippen LogP contribution < -0.4 is 10.2 Å². The van der Waals surface area contributed by atoms with E-state index < -0.39 is 37.7 Å². The molecule has 0 radical (unpaired) electrons. The normalized spacial score (nSPS) is 16.6. The first-order valence-corrected chi connectivity index (χ1v) is 11.4. The Hall–Kier alpha value is -3.15. The van der Waals surface area contributed by atoms with E-state index >= 15 is 0 Å². The summed E-state index contributed by atoms with van der Waals surface area (Å²) in [4.78, 5) is 31.6. The lowest BCUT2D eigenvalue weighted by Gasteiger charge is -2.28. The van der Waals surface area contributed by atoms with Crippen LogP contribution >= 0.6 is 0 Å². The van der Waals surface area contributed by atoms with Crippen LogP contribution in [0.2, 0.25) is 0 Å². The molecule has 1 aliphatic heterocycles. The van der Waals surface area contributed by atoms with Crippen molar-refractivity contribution in [2.24, 2.45) is 0 Å². The Morgan fingerprint density at radius 3 is 2.24 bits per heavy atom. The van der Waals surface area contributed by atoms with Gasteiger partial charge in [-0.15, -0.1) is 0 Å². The molecule has 0 spiro atoms. The minimum Gasteiger partial charge on any atom is -0.381 e. The fourth-order valence-corrected chi connectivity index (χ4v) is 4.17. The van der Waals surface area contributed by atoms with Crippen molar-refractivity contribution < 1.29 is 31.2 Å². The number of pyridine rings is 1. The van der Waals surface area contributed by atoms with Crippen molar-refractivity contribution in [3.63, 3.8) is 0 Å². The number of sulfone groups is 1. The molecule has 178 valence electrons. The van der Waals surface area contributed by atoms with Gasteiger partial charge >= 0.3 is 11.5 Å². The maximum absolute atomic E-state index is 13.2. The molecule has 0 bridgehead atoms. The third-order valence-corrected chi connectivity index (χ3v) is 6.72. The zero-order valence-electron chi connectivity index (χ0n) is 18.3. The second kappa shape index (κ2) is 8.32. The van der Waals surface area contributed by atoms with Gasteiger partial charge in [0.25, 0.3) is 15.7 Å². The van der Waals surface area contributed by atoms with Crippen LogP contribution in [0, 0.1) is 0 Å². The number of halogens is 3. The molecule has 33 heavy (non-hydrogen) atoms.